The Morgan fingerprint density at radius 2 is 1.83 bits per heavy atom. The summed E-state index contributed by atoms with van der Waals surface area (Å²) in [5, 5.41) is 4.86. The minimum Gasteiger partial charge on any atom is -0.353 e. The van der Waals surface area contributed by atoms with Crippen molar-refractivity contribution in [3.8, 4) is 11.3 Å². The molecule has 1 fully saturated rings. The topological polar surface area (TPSA) is 45.5 Å². The van der Waals surface area contributed by atoms with E-state index in [-0.39, 0.29) is 11.1 Å². The van der Waals surface area contributed by atoms with Gasteiger partial charge in [0.15, 0.2) is 11.5 Å². The molecule has 0 spiro atoms. The number of anilines is 1. The smallest absolute Gasteiger partial charge is 0.180 e. The molecular formula is C22H27Cl2N5. The number of imidazole rings is 1. The third-order valence-electron chi connectivity index (χ3n) is 5.48. The summed E-state index contributed by atoms with van der Waals surface area (Å²) >= 11 is 12.7. The van der Waals surface area contributed by atoms with Gasteiger partial charge in [-0.25, -0.2) is 9.97 Å². The van der Waals surface area contributed by atoms with Crippen molar-refractivity contribution in [2.45, 2.75) is 51.6 Å². The molecule has 0 saturated carbocycles. The number of nitrogens with one attached hydrogen (secondary N) is 1. The molecule has 1 saturated heterocycles. The Morgan fingerprint density at radius 1 is 1.10 bits per heavy atom. The number of hydrogen-bond acceptors (Lipinski definition) is 4. The normalized spacial score (nSPS) is 17.1. The molecule has 1 aliphatic rings. The van der Waals surface area contributed by atoms with Gasteiger partial charge in [0.1, 0.15) is 0 Å². The standard InChI is InChI=1S/C22H27Cl2N5/c1-21(2,3)27-22(4)8-11-28(12-9-22)19-20-26-14-17(29(20)13-10-25-19)15-6-5-7-16(23)18(15)24/h5-7,10,13-14,27H,8-9,11-12H2,1-4H3. The Morgan fingerprint density at radius 3 is 2.52 bits per heavy atom. The van der Waals surface area contributed by atoms with Gasteiger partial charge in [-0.05, 0) is 46.6 Å². The summed E-state index contributed by atoms with van der Waals surface area (Å²) in [4.78, 5) is 11.7. The van der Waals surface area contributed by atoms with Crippen molar-refractivity contribution in [2.75, 3.05) is 18.0 Å². The highest BCUT2D eigenvalue weighted by molar-refractivity contribution is 6.43. The molecule has 0 amide bonds. The summed E-state index contributed by atoms with van der Waals surface area (Å²) in [7, 11) is 0. The van der Waals surface area contributed by atoms with Crippen LogP contribution < -0.4 is 10.2 Å². The Hall–Kier alpha value is -1.82. The number of fused-ring (bicyclic) bond motifs is 1. The molecule has 0 atom stereocenters. The number of rotatable bonds is 3. The summed E-state index contributed by atoms with van der Waals surface area (Å²) in [6.07, 6.45) is 7.70. The molecule has 3 aromatic rings. The number of aromatic nitrogens is 3. The van der Waals surface area contributed by atoms with Crippen molar-refractivity contribution in [1.29, 1.82) is 0 Å². The average Bonchev–Trinajstić information content (AvgIpc) is 3.07. The predicted molar refractivity (Wildman–Crippen MR) is 121 cm³/mol. The van der Waals surface area contributed by atoms with Gasteiger partial charge in [-0.3, -0.25) is 4.40 Å². The second kappa shape index (κ2) is 7.46. The molecule has 3 heterocycles. The first kappa shape index (κ1) is 20.5. The van der Waals surface area contributed by atoms with Gasteiger partial charge in [-0.1, -0.05) is 35.3 Å². The van der Waals surface area contributed by atoms with E-state index in [0.29, 0.717) is 10.0 Å². The van der Waals surface area contributed by atoms with E-state index >= 15 is 0 Å². The summed E-state index contributed by atoms with van der Waals surface area (Å²) in [6, 6.07) is 5.65. The maximum atomic E-state index is 6.45. The fourth-order valence-corrected chi connectivity index (χ4v) is 4.67. The zero-order valence-corrected chi connectivity index (χ0v) is 18.8. The third kappa shape index (κ3) is 4.09. The summed E-state index contributed by atoms with van der Waals surface area (Å²) < 4.78 is 2.04. The molecule has 1 N–H and O–H groups in total. The molecule has 0 aliphatic carbocycles. The van der Waals surface area contributed by atoms with E-state index in [1.165, 1.54) is 0 Å². The molecule has 0 radical (unpaired) electrons. The van der Waals surface area contributed by atoms with Gasteiger partial charge >= 0.3 is 0 Å². The zero-order chi connectivity index (χ0) is 20.8. The average molecular weight is 432 g/mol. The van der Waals surface area contributed by atoms with Gasteiger partial charge in [0.2, 0.25) is 0 Å². The summed E-state index contributed by atoms with van der Waals surface area (Å²) in [5.41, 5.74) is 2.85. The Bertz CT molecular complexity index is 1030. The van der Waals surface area contributed by atoms with Crippen LogP contribution >= 0.6 is 23.2 Å². The van der Waals surface area contributed by atoms with Crippen LogP contribution in [0.15, 0.2) is 36.8 Å². The van der Waals surface area contributed by atoms with Crippen LogP contribution in [0.1, 0.15) is 40.5 Å². The summed E-state index contributed by atoms with van der Waals surface area (Å²) in [5.74, 6) is 0.912. The van der Waals surface area contributed by atoms with Crippen LogP contribution in [0.4, 0.5) is 5.82 Å². The predicted octanol–water partition coefficient (Wildman–Crippen LogP) is 5.45. The fraction of sp³-hybridized carbons (Fsp3) is 0.455. The van der Waals surface area contributed by atoms with Crippen molar-refractivity contribution < 1.29 is 0 Å². The van der Waals surface area contributed by atoms with E-state index in [0.717, 1.165) is 48.7 Å². The Labute approximate surface area is 182 Å². The van der Waals surface area contributed by atoms with Crippen molar-refractivity contribution in [2.24, 2.45) is 0 Å². The van der Waals surface area contributed by atoms with E-state index in [9.17, 15) is 0 Å². The first-order valence-electron chi connectivity index (χ1n) is 9.98. The van der Waals surface area contributed by atoms with Crippen LogP contribution in [0.25, 0.3) is 16.9 Å². The lowest BCUT2D eigenvalue weighted by Crippen LogP contribution is -2.57. The molecular weight excluding hydrogens is 405 g/mol. The van der Waals surface area contributed by atoms with Crippen molar-refractivity contribution >= 4 is 34.7 Å². The van der Waals surface area contributed by atoms with Crippen molar-refractivity contribution in [3.05, 3.63) is 46.8 Å². The number of nitrogens with zero attached hydrogens (tertiary/aromatic N) is 4. The first-order chi connectivity index (χ1) is 13.7. The van der Waals surface area contributed by atoms with Crippen LogP contribution in [0, 0.1) is 0 Å². The minimum atomic E-state index is 0.101. The van der Waals surface area contributed by atoms with E-state index in [1.54, 1.807) is 6.07 Å². The maximum Gasteiger partial charge on any atom is 0.180 e. The SMILES string of the molecule is CC(C)(C)NC1(C)CCN(c2nccn3c(-c4cccc(Cl)c4Cl)cnc23)CC1. The minimum absolute atomic E-state index is 0.101. The molecule has 4 rings (SSSR count). The largest absolute Gasteiger partial charge is 0.353 e. The Kier molecular flexibility index (Phi) is 5.26. The molecule has 154 valence electrons. The molecule has 0 unspecified atom stereocenters. The third-order valence-corrected chi connectivity index (χ3v) is 6.30. The first-order valence-corrected chi connectivity index (χ1v) is 10.7. The molecule has 1 aromatic carbocycles. The number of benzene rings is 1. The molecule has 0 bridgehead atoms. The highest BCUT2D eigenvalue weighted by atomic mass is 35.5. The molecule has 5 nitrogen and oxygen atoms in total. The van der Waals surface area contributed by atoms with Gasteiger partial charge in [-0.2, -0.15) is 0 Å². The monoisotopic (exact) mass is 431 g/mol. The highest BCUT2D eigenvalue weighted by Crippen LogP contribution is 2.35. The van der Waals surface area contributed by atoms with Gasteiger partial charge in [0.05, 0.1) is 21.9 Å². The van der Waals surface area contributed by atoms with E-state index in [1.807, 2.05) is 35.1 Å². The Balaban J connectivity index is 1.64. The van der Waals surface area contributed by atoms with Crippen LogP contribution in [0.3, 0.4) is 0 Å². The van der Waals surface area contributed by atoms with Crippen LogP contribution in [0.2, 0.25) is 10.0 Å². The van der Waals surface area contributed by atoms with Crippen LogP contribution in [-0.2, 0) is 0 Å². The number of piperidine rings is 1. The fourth-order valence-electron chi connectivity index (χ4n) is 4.27. The number of hydrogen-bond donors (Lipinski definition) is 1. The van der Waals surface area contributed by atoms with Crippen molar-refractivity contribution in [3.63, 3.8) is 0 Å². The molecule has 29 heavy (non-hydrogen) atoms. The van der Waals surface area contributed by atoms with E-state index in [4.69, 9.17) is 23.2 Å². The van der Waals surface area contributed by atoms with Gasteiger partial charge < -0.3 is 10.2 Å². The summed E-state index contributed by atoms with van der Waals surface area (Å²) in [6.45, 7) is 10.9. The maximum absolute atomic E-state index is 6.45. The second-order valence-corrected chi connectivity index (χ2v) is 9.90. The zero-order valence-electron chi connectivity index (χ0n) is 17.3. The highest BCUT2D eigenvalue weighted by Gasteiger charge is 2.34. The van der Waals surface area contributed by atoms with Gasteiger partial charge in [0.25, 0.3) is 0 Å². The van der Waals surface area contributed by atoms with E-state index in [2.05, 4.69) is 47.9 Å². The molecule has 2 aromatic heterocycles. The lowest BCUT2D eigenvalue weighted by Gasteiger charge is -2.44. The van der Waals surface area contributed by atoms with E-state index < -0.39 is 0 Å². The van der Waals surface area contributed by atoms with Gasteiger partial charge in [0, 0.05) is 42.1 Å². The van der Waals surface area contributed by atoms with Crippen molar-refractivity contribution in [1.82, 2.24) is 19.7 Å². The van der Waals surface area contributed by atoms with Crippen LogP contribution in [-0.4, -0.2) is 38.5 Å². The van der Waals surface area contributed by atoms with Gasteiger partial charge in [-0.15, -0.1) is 0 Å². The quantitative estimate of drug-likeness (QED) is 0.598. The molecule has 7 heteroatoms. The lowest BCUT2D eigenvalue weighted by molar-refractivity contribution is 0.219. The lowest BCUT2D eigenvalue weighted by atomic mass is 9.87. The molecule has 1 aliphatic heterocycles. The second-order valence-electron chi connectivity index (χ2n) is 9.11. The number of halogens is 2. The van der Waals surface area contributed by atoms with Crippen LogP contribution in [0.5, 0.6) is 0 Å².